The van der Waals surface area contributed by atoms with Crippen LogP contribution < -0.4 is 22.0 Å². The summed E-state index contributed by atoms with van der Waals surface area (Å²) in [5.74, 6) is 1.85. The predicted molar refractivity (Wildman–Crippen MR) is 108 cm³/mol. The minimum absolute atomic E-state index is 0. The quantitative estimate of drug-likeness (QED) is 0.623. The van der Waals surface area contributed by atoms with E-state index in [0.29, 0.717) is 13.2 Å². The van der Waals surface area contributed by atoms with E-state index in [2.05, 4.69) is 26.9 Å². The average Bonchev–Trinajstić information content (AvgIpc) is 2.73. The average molecular weight is 399 g/mol. The second-order valence-electron chi connectivity index (χ2n) is 6.92. The molecule has 0 saturated carbocycles. The Hall–Kier alpha value is -2.34. The minimum atomic E-state index is -0.509. The Morgan fingerprint density at radius 3 is 2.46 bits per heavy atom. The van der Waals surface area contributed by atoms with Crippen molar-refractivity contribution < 1.29 is 22.3 Å². The number of piperazine rings is 1. The number of hydrogen-bond donors (Lipinski definition) is 1. The van der Waals surface area contributed by atoms with Crippen molar-refractivity contribution in [3.05, 3.63) is 66.9 Å². The summed E-state index contributed by atoms with van der Waals surface area (Å²) in [6.07, 6.45) is 1.32. The molecule has 2 heterocycles. The van der Waals surface area contributed by atoms with Crippen molar-refractivity contribution in [1.82, 2.24) is 9.88 Å². The first-order valence-electron chi connectivity index (χ1n) is 9.46. The first-order chi connectivity index (χ1) is 13.3. The Balaban J connectivity index is 0.00000225. The predicted octanol–water partition coefficient (Wildman–Crippen LogP) is -0.199. The lowest BCUT2D eigenvalue weighted by Gasteiger charge is -2.36. The zero-order chi connectivity index (χ0) is 18.5. The van der Waals surface area contributed by atoms with Crippen molar-refractivity contribution in [3.63, 3.8) is 0 Å². The van der Waals surface area contributed by atoms with Gasteiger partial charge in [0.25, 0.3) is 0 Å². The number of aromatic nitrogens is 1. The van der Waals surface area contributed by atoms with E-state index in [1.807, 2.05) is 54.7 Å². The van der Waals surface area contributed by atoms with Gasteiger partial charge in [-0.15, -0.1) is 0 Å². The van der Waals surface area contributed by atoms with Gasteiger partial charge in [-0.2, -0.15) is 0 Å². The topological polar surface area (TPSA) is 48.8 Å². The summed E-state index contributed by atoms with van der Waals surface area (Å²) < 4.78 is 5.92. The highest BCUT2D eigenvalue weighted by Crippen LogP contribution is 2.25. The maximum absolute atomic E-state index is 10.4. The molecular weight excluding hydrogens is 374 g/mol. The van der Waals surface area contributed by atoms with Gasteiger partial charge in [0, 0.05) is 44.3 Å². The molecule has 0 amide bonds. The lowest BCUT2D eigenvalue weighted by molar-refractivity contribution is -0.00000771. The molecule has 1 saturated heterocycles. The summed E-state index contributed by atoms with van der Waals surface area (Å²) in [5, 5.41) is 12.7. The Morgan fingerprint density at radius 2 is 1.68 bits per heavy atom. The number of pyridine rings is 1. The van der Waals surface area contributed by atoms with Gasteiger partial charge in [0.2, 0.25) is 0 Å². The maximum Gasteiger partial charge on any atom is 0.128 e. The molecule has 0 bridgehead atoms. The van der Waals surface area contributed by atoms with Crippen molar-refractivity contribution in [1.29, 1.82) is 0 Å². The largest absolute Gasteiger partial charge is 1.00 e. The number of halogens is 1. The van der Waals surface area contributed by atoms with Crippen LogP contribution in [0, 0.1) is 0 Å². The summed E-state index contributed by atoms with van der Waals surface area (Å²) in [5.41, 5.74) is 0. The van der Waals surface area contributed by atoms with Crippen LogP contribution in [0.25, 0.3) is 10.8 Å². The summed E-state index contributed by atoms with van der Waals surface area (Å²) in [6.45, 7) is 4.61. The van der Waals surface area contributed by atoms with E-state index < -0.39 is 6.10 Å². The van der Waals surface area contributed by atoms with E-state index in [0.717, 1.165) is 48.5 Å². The molecule has 5 nitrogen and oxygen atoms in total. The van der Waals surface area contributed by atoms with E-state index in [1.54, 1.807) is 0 Å². The summed E-state index contributed by atoms with van der Waals surface area (Å²) in [4.78, 5) is 8.99. The Bertz CT molecular complexity index is 865. The Labute approximate surface area is 172 Å². The van der Waals surface area contributed by atoms with Gasteiger partial charge in [-0.25, -0.2) is 4.98 Å². The Morgan fingerprint density at radius 1 is 0.929 bits per heavy atom. The molecule has 148 valence electrons. The van der Waals surface area contributed by atoms with Crippen LogP contribution in [0.15, 0.2) is 66.9 Å². The van der Waals surface area contributed by atoms with Crippen LogP contribution in [0.3, 0.4) is 0 Å². The molecule has 0 radical (unpaired) electrons. The van der Waals surface area contributed by atoms with Crippen molar-refractivity contribution in [2.24, 2.45) is 0 Å². The van der Waals surface area contributed by atoms with Crippen molar-refractivity contribution in [2.75, 3.05) is 44.2 Å². The van der Waals surface area contributed by atoms with Crippen LogP contribution in [0.2, 0.25) is 0 Å². The maximum atomic E-state index is 10.4. The standard InChI is InChI=1S/C22H25N3O2.ClH/c26-19(17-27-21-9-5-7-18-6-1-2-8-20(18)21)16-24-12-14-25(15-13-24)22-10-3-4-11-23-22;/h1-11,19,26H,12-17H2;1H/p-1. The highest BCUT2D eigenvalue weighted by atomic mass is 35.5. The van der Waals surface area contributed by atoms with Crippen molar-refractivity contribution >= 4 is 16.6 Å². The van der Waals surface area contributed by atoms with Gasteiger partial charge in [0.15, 0.2) is 0 Å². The third kappa shape index (κ3) is 4.93. The van der Waals surface area contributed by atoms with E-state index in [-0.39, 0.29) is 12.4 Å². The molecule has 1 fully saturated rings. The number of ether oxygens (including phenoxy) is 1. The molecule has 6 heteroatoms. The van der Waals surface area contributed by atoms with E-state index in [9.17, 15) is 5.11 Å². The molecular formula is C22H25ClN3O2-. The van der Waals surface area contributed by atoms with Gasteiger partial charge in [-0.1, -0.05) is 42.5 Å². The summed E-state index contributed by atoms with van der Waals surface area (Å²) in [6, 6.07) is 20.2. The lowest BCUT2D eigenvalue weighted by Crippen LogP contribution is -3.00. The van der Waals surface area contributed by atoms with Gasteiger partial charge in [-0.3, -0.25) is 4.90 Å². The molecule has 1 aliphatic rings. The smallest absolute Gasteiger partial charge is 0.128 e. The first-order valence-corrected chi connectivity index (χ1v) is 9.46. The number of β-amino-alcohol motifs (C(OH)–C–C–N with tert-alkyl or cyclic N) is 1. The molecule has 1 atom stereocenters. The minimum Gasteiger partial charge on any atom is -1.00 e. The molecule has 3 aromatic rings. The monoisotopic (exact) mass is 398 g/mol. The number of aliphatic hydroxyl groups excluding tert-OH is 1. The normalized spacial score (nSPS) is 15.8. The molecule has 0 spiro atoms. The van der Waals surface area contributed by atoms with Crippen molar-refractivity contribution in [3.8, 4) is 5.75 Å². The molecule has 0 aliphatic carbocycles. The molecule has 2 aromatic carbocycles. The van der Waals surface area contributed by atoms with Crippen LogP contribution in [-0.4, -0.2) is 60.4 Å². The van der Waals surface area contributed by atoms with Crippen LogP contribution in [0.1, 0.15) is 0 Å². The summed E-state index contributed by atoms with van der Waals surface area (Å²) >= 11 is 0. The first kappa shape index (κ1) is 20.4. The van der Waals surface area contributed by atoms with Gasteiger partial charge < -0.3 is 27.2 Å². The van der Waals surface area contributed by atoms with Crippen LogP contribution in [0.4, 0.5) is 5.82 Å². The van der Waals surface area contributed by atoms with Gasteiger partial charge >= 0.3 is 0 Å². The number of hydrogen-bond acceptors (Lipinski definition) is 5. The number of anilines is 1. The number of nitrogens with zero attached hydrogens (tertiary/aromatic N) is 3. The fourth-order valence-electron chi connectivity index (χ4n) is 3.56. The van der Waals surface area contributed by atoms with E-state index >= 15 is 0 Å². The lowest BCUT2D eigenvalue weighted by atomic mass is 10.1. The molecule has 4 rings (SSSR count). The van der Waals surface area contributed by atoms with Gasteiger partial charge in [0.1, 0.15) is 24.3 Å². The second-order valence-corrected chi connectivity index (χ2v) is 6.92. The van der Waals surface area contributed by atoms with E-state index in [4.69, 9.17) is 4.74 Å². The number of fused-ring (bicyclic) bond motifs is 1. The number of aliphatic hydroxyl groups is 1. The Kier molecular flexibility index (Phi) is 7.09. The summed E-state index contributed by atoms with van der Waals surface area (Å²) in [7, 11) is 0. The van der Waals surface area contributed by atoms with Gasteiger partial charge in [-0.05, 0) is 23.6 Å². The fraction of sp³-hybridized carbons (Fsp3) is 0.318. The molecule has 28 heavy (non-hydrogen) atoms. The van der Waals surface area contributed by atoms with Crippen LogP contribution in [0.5, 0.6) is 5.75 Å². The molecule has 1 aliphatic heterocycles. The molecule has 1 unspecified atom stereocenters. The zero-order valence-electron chi connectivity index (χ0n) is 15.7. The third-order valence-electron chi connectivity index (χ3n) is 5.00. The zero-order valence-corrected chi connectivity index (χ0v) is 16.5. The third-order valence-corrected chi connectivity index (χ3v) is 5.00. The highest BCUT2D eigenvalue weighted by Gasteiger charge is 2.20. The van der Waals surface area contributed by atoms with Crippen LogP contribution in [-0.2, 0) is 0 Å². The second kappa shape index (κ2) is 9.73. The van der Waals surface area contributed by atoms with Gasteiger partial charge in [0.05, 0.1) is 0 Å². The number of rotatable bonds is 6. The van der Waals surface area contributed by atoms with E-state index in [1.165, 1.54) is 0 Å². The van der Waals surface area contributed by atoms with Crippen molar-refractivity contribution in [2.45, 2.75) is 6.10 Å². The highest BCUT2D eigenvalue weighted by molar-refractivity contribution is 5.88. The van der Waals surface area contributed by atoms with Crippen LogP contribution >= 0.6 is 0 Å². The molecule has 1 N–H and O–H groups in total. The number of benzene rings is 2. The SMILES string of the molecule is OC(COc1cccc2ccccc12)CN1CCN(c2ccccn2)CC1.[Cl-]. The fourth-order valence-corrected chi connectivity index (χ4v) is 3.56. The molecule has 1 aromatic heterocycles.